The third-order valence-electron chi connectivity index (χ3n) is 3.72. The largest absolute Gasteiger partial charge is 0.231 e. The van der Waals surface area contributed by atoms with Crippen LogP contribution >= 0.6 is 22.9 Å². The van der Waals surface area contributed by atoms with E-state index in [1.165, 1.54) is 24.0 Å². The summed E-state index contributed by atoms with van der Waals surface area (Å²) in [6.45, 7) is 1.96. The highest BCUT2D eigenvalue weighted by molar-refractivity contribution is 7.08. The maximum absolute atomic E-state index is 6.39. The fourth-order valence-corrected chi connectivity index (χ4v) is 3.34. The first-order chi connectivity index (χ1) is 9.24. The summed E-state index contributed by atoms with van der Waals surface area (Å²) in [6, 6.07) is 6.62. The van der Waals surface area contributed by atoms with Gasteiger partial charge in [-0.1, -0.05) is 11.6 Å². The van der Waals surface area contributed by atoms with Gasteiger partial charge in [0.2, 0.25) is 0 Å². The molecule has 0 saturated heterocycles. The first-order valence-corrected chi connectivity index (χ1v) is 7.77. The third kappa shape index (κ3) is 1.80. The van der Waals surface area contributed by atoms with E-state index >= 15 is 0 Å². The molecule has 0 bridgehead atoms. The number of aryl methyl sites for hydroxylation is 1. The lowest BCUT2D eigenvalue weighted by atomic mass is 10.1. The number of hydrogen-bond donors (Lipinski definition) is 0. The van der Waals surface area contributed by atoms with Crippen molar-refractivity contribution in [1.82, 2.24) is 9.61 Å². The van der Waals surface area contributed by atoms with Crippen LogP contribution in [-0.4, -0.2) is 9.61 Å². The van der Waals surface area contributed by atoms with Gasteiger partial charge in [0.25, 0.3) is 0 Å². The summed E-state index contributed by atoms with van der Waals surface area (Å²) in [4.78, 5) is 0. The summed E-state index contributed by atoms with van der Waals surface area (Å²) in [7, 11) is 0. The molecule has 0 aliphatic heterocycles. The smallest absolute Gasteiger partial charge is 0.0893 e. The average Bonchev–Trinajstić information content (AvgIpc) is 3.04. The summed E-state index contributed by atoms with van der Waals surface area (Å²) >= 11 is 8.10. The molecule has 3 heterocycles. The summed E-state index contributed by atoms with van der Waals surface area (Å²) in [5.41, 5.74) is 5.69. The Kier molecular flexibility index (Phi) is 2.47. The molecule has 3 aromatic heterocycles. The van der Waals surface area contributed by atoms with Gasteiger partial charge >= 0.3 is 0 Å². The van der Waals surface area contributed by atoms with Crippen LogP contribution in [0.15, 0.2) is 29.0 Å². The van der Waals surface area contributed by atoms with Gasteiger partial charge in [-0.15, -0.1) is 0 Å². The number of hydrogen-bond acceptors (Lipinski definition) is 2. The molecule has 1 saturated carbocycles. The zero-order chi connectivity index (χ0) is 13.0. The summed E-state index contributed by atoms with van der Waals surface area (Å²) in [6.07, 6.45) is 2.59. The van der Waals surface area contributed by atoms with Crippen molar-refractivity contribution in [3.8, 4) is 11.3 Å². The van der Waals surface area contributed by atoms with Crippen LogP contribution in [-0.2, 0) is 0 Å². The minimum atomic E-state index is 0.716. The molecular weight excluding hydrogens is 276 g/mol. The molecular formula is C15H13ClN2S. The molecule has 0 N–H and O–H groups in total. The maximum atomic E-state index is 6.39. The van der Waals surface area contributed by atoms with Crippen molar-refractivity contribution in [2.45, 2.75) is 25.7 Å². The van der Waals surface area contributed by atoms with Gasteiger partial charge in [-0.05, 0) is 54.8 Å². The predicted octanol–water partition coefficient (Wildman–Crippen LogP) is 4.90. The number of fused-ring (bicyclic) bond motifs is 1. The molecule has 0 atom stereocenters. The Balaban J connectivity index is 2.06. The normalized spacial score (nSPS) is 15.3. The van der Waals surface area contributed by atoms with E-state index in [9.17, 15) is 0 Å². The SMILES string of the molecule is Cc1nn2c(-c3ccsc3)cc(C3CC3)cc2c1Cl. The fraction of sp³-hybridized carbons (Fsp3) is 0.267. The van der Waals surface area contributed by atoms with Crippen molar-refractivity contribution in [3.63, 3.8) is 0 Å². The van der Waals surface area contributed by atoms with E-state index in [4.69, 9.17) is 11.6 Å². The van der Waals surface area contributed by atoms with Gasteiger partial charge in [0.05, 0.1) is 21.9 Å². The van der Waals surface area contributed by atoms with Crippen LogP contribution in [0.4, 0.5) is 0 Å². The molecule has 4 heteroatoms. The number of pyridine rings is 1. The number of halogens is 1. The van der Waals surface area contributed by atoms with Gasteiger partial charge in [-0.3, -0.25) is 0 Å². The lowest BCUT2D eigenvalue weighted by Crippen LogP contribution is -1.95. The van der Waals surface area contributed by atoms with Crippen LogP contribution in [0.3, 0.4) is 0 Å². The fourth-order valence-electron chi connectivity index (χ4n) is 2.52. The Morgan fingerprint density at radius 3 is 2.89 bits per heavy atom. The molecule has 3 aromatic rings. The lowest BCUT2D eigenvalue weighted by molar-refractivity contribution is 0.934. The standard InChI is InChI=1S/C15H13ClN2S/c1-9-15(16)14-7-12(10-2-3-10)6-13(18(14)17-9)11-4-5-19-8-11/h4-8,10H,2-3H2,1H3. The molecule has 96 valence electrons. The Bertz CT molecular complexity index is 754. The summed E-state index contributed by atoms with van der Waals surface area (Å²) in [5, 5.41) is 9.62. The monoisotopic (exact) mass is 288 g/mol. The molecule has 0 aromatic carbocycles. The highest BCUT2D eigenvalue weighted by Crippen LogP contribution is 2.42. The van der Waals surface area contributed by atoms with E-state index in [1.807, 2.05) is 11.4 Å². The Morgan fingerprint density at radius 1 is 1.37 bits per heavy atom. The van der Waals surface area contributed by atoms with Gasteiger partial charge in [-0.25, -0.2) is 4.52 Å². The number of rotatable bonds is 2. The van der Waals surface area contributed by atoms with E-state index in [-0.39, 0.29) is 0 Å². The first-order valence-electron chi connectivity index (χ1n) is 6.45. The van der Waals surface area contributed by atoms with Crippen molar-refractivity contribution in [3.05, 3.63) is 45.2 Å². The second kappa shape index (κ2) is 4.09. The minimum Gasteiger partial charge on any atom is -0.231 e. The van der Waals surface area contributed by atoms with Crippen LogP contribution in [0.2, 0.25) is 5.02 Å². The third-order valence-corrected chi connectivity index (χ3v) is 4.87. The molecule has 0 amide bonds. The van der Waals surface area contributed by atoms with Gasteiger partial charge in [-0.2, -0.15) is 16.4 Å². The van der Waals surface area contributed by atoms with Gasteiger partial charge in [0.15, 0.2) is 0 Å². The van der Waals surface area contributed by atoms with E-state index in [1.54, 1.807) is 11.3 Å². The highest BCUT2D eigenvalue weighted by Gasteiger charge is 2.25. The van der Waals surface area contributed by atoms with Gasteiger partial charge < -0.3 is 0 Å². The molecule has 0 spiro atoms. The lowest BCUT2D eigenvalue weighted by Gasteiger charge is -2.07. The summed E-state index contributed by atoms with van der Waals surface area (Å²) in [5.74, 6) is 0.716. The number of nitrogens with zero attached hydrogens (tertiary/aromatic N) is 2. The summed E-state index contributed by atoms with van der Waals surface area (Å²) < 4.78 is 1.98. The molecule has 0 unspecified atom stereocenters. The van der Waals surface area contributed by atoms with Gasteiger partial charge in [0.1, 0.15) is 0 Å². The average molecular weight is 289 g/mol. The second-order valence-electron chi connectivity index (χ2n) is 5.16. The Hall–Kier alpha value is -1.32. The first kappa shape index (κ1) is 11.5. The second-order valence-corrected chi connectivity index (χ2v) is 6.31. The topological polar surface area (TPSA) is 17.3 Å². The van der Waals surface area contributed by atoms with E-state index < -0.39 is 0 Å². The molecule has 1 aliphatic rings. The zero-order valence-electron chi connectivity index (χ0n) is 10.6. The van der Waals surface area contributed by atoms with Crippen LogP contribution < -0.4 is 0 Å². The quantitative estimate of drug-likeness (QED) is 0.655. The van der Waals surface area contributed by atoms with Crippen molar-refractivity contribution in [1.29, 1.82) is 0 Å². The van der Waals surface area contributed by atoms with E-state index in [0.29, 0.717) is 5.92 Å². The van der Waals surface area contributed by atoms with E-state index in [0.717, 1.165) is 21.9 Å². The predicted molar refractivity (Wildman–Crippen MR) is 80.2 cm³/mol. The van der Waals surface area contributed by atoms with Crippen LogP contribution in [0, 0.1) is 6.92 Å². The minimum absolute atomic E-state index is 0.716. The molecule has 19 heavy (non-hydrogen) atoms. The van der Waals surface area contributed by atoms with Crippen molar-refractivity contribution in [2.24, 2.45) is 0 Å². The zero-order valence-corrected chi connectivity index (χ0v) is 12.1. The Labute approximate surface area is 120 Å². The number of thiophene rings is 1. The van der Waals surface area contributed by atoms with Crippen molar-refractivity contribution >= 4 is 28.5 Å². The van der Waals surface area contributed by atoms with Crippen LogP contribution in [0.25, 0.3) is 16.8 Å². The van der Waals surface area contributed by atoms with Gasteiger partial charge in [0, 0.05) is 10.9 Å². The molecule has 4 rings (SSSR count). The molecule has 0 radical (unpaired) electrons. The molecule has 1 aliphatic carbocycles. The number of aromatic nitrogens is 2. The van der Waals surface area contributed by atoms with Crippen molar-refractivity contribution in [2.75, 3.05) is 0 Å². The maximum Gasteiger partial charge on any atom is 0.0893 e. The highest BCUT2D eigenvalue weighted by atomic mass is 35.5. The van der Waals surface area contributed by atoms with Crippen LogP contribution in [0.1, 0.15) is 30.0 Å². The van der Waals surface area contributed by atoms with E-state index in [2.05, 4.69) is 34.1 Å². The molecule has 2 nitrogen and oxygen atoms in total. The molecule has 1 fully saturated rings. The Morgan fingerprint density at radius 2 is 2.21 bits per heavy atom. The van der Waals surface area contributed by atoms with Crippen molar-refractivity contribution < 1.29 is 0 Å². The van der Waals surface area contributed by atoms with Crippen LogP contribution in [0.5, 0.6) is 0 Å².